The van der Waals surface area contributed by atoms with Crippen molar-refractivity contribution in [1.29, 1.82) is 0 Å². The first kappa shape index (κ1) is 42.1. The monoisotopic (exact) mass is 764 g/mol. The van der Waals surface area contributed by atoms with Gasteiger partial charge in [0.25, 0.3) is 0 Å². The van der Waals surface area contributed by atoms with Crippen LogP contribution in [0.2, 0.25) is 0 Å². The average molecular weight is 765 g/mol. The van der Waals surface area contributed by atoms with E-state index in [0.717, 1.165) is 45.1 Å². The predicted octanol–water partition coefficient (Wildman–Crippen LogP) is 0.451. The summed E-state index contributed by atoms with van der Waals surface area (Å²) in [6, 6.07) is 0. The van der Waals surface area contributed by atoms with E-state index in [1.165, 1.54) is 6.08 Å². The smallest absolute Gasteiger partial charge is 0.336 e. The van der Waals surface area contributed by atoms with Crippen LogP contribution >= 0.6 is 0 Å². The van der Waals surface area contributed by atoms with Gasteiger partial charge in [-0.1, -0.05) is 12.5 Å². The number of esters is 1. The van der Waals surface area contributed by atoms with E-state index in [1.807, 2.05) is 6.92 Å². The van der Waals surface area contributed by atoms with Crippen LogP contribution in [0.15, 0.2) is 11.6 Å². The van der Waals surface area contributed by atoms with Crippen LogP contribution in [-0.2, 0) is 23.8 Å². The lowest BCUT2D eigenvalue weighted by Crippen LogP contribution is -2.70. The Bertz CT molecular complexity index is 1300. The van der Waals surface area contributed by atoms with E-state index in [1.54, 1.807) is 6.92 Å². The predicted molar refractivity (Wildman–Crippen MR) is 199 cm³/mol. The lowest BCUT2D eigenvalue weighted by atomic mass is 9.53. The highest BCUT2D eigenvalue weighted by Gasteiger charge is 2.64. The van der Waals surface area contributed by atoms with Crippen LogP contribution < -0.4 is 22.1 Å². The Hall–Kier alpha value is -1.56. The quantitative estimate of drug-likeness (QED) is 0.0970. The molecule has 6 fully saturated rings. The number of nitrogens with one attached hydrogen (secondary N) is 2. The van der Waals surface area contributed by atoms with Crippen LogP contribution in [0.25, 0.3) is 0 Å². The largest absolute Gasteiger partial charge is 0.456 e. The maximum Gasteiger partial charge on any atom is 0.336 e. The number of carbonyl (C=O) groups excluding carboxylic acids is 2. The third-order valence-electron chi connectivity index (χ3n) is 14.4. The first-order valence-corrected chi connectivity index (χ1v) is 20.8. The summed E-state index contributed by atoms with van der Waals surface area (Å²) >= 11 is 0. The number of fused-ring (bicyclic) bond motifs is 2. The van der Waals surface area contributed by atoms with Crippen molar-refractivity contribution in [3.05, 3.63) is 11.6 Å². The zero-order chi connectivity index (χ0) is 38.7. The van der Waals surface area contributed by atoms with Gasteiger partial charge >= 0.3 is 5.97 Å². The van der Waals surface area contributed by atoms with E-state index in [-0.39, 0.29) is 73.4 Å². The molecular weight excluding hydrogens is 696 g/mol. The number of ketones is 1. The lowest BCUT2D eigenvalue weighted by Gasteiger charge is -2.61. The molecule has 54 heavy (non-hydrogen) atoms. The van der Waals surface area contributed by atoms with Crippen molar-refractivity contribution >= 4 is 11.8 Å². The van der Waals surface area contributed by atoms with Crippen LogP contribution in [0.1, 0.15) is 90.9 Å². The molecule has 17 unspecified atom stereocenters. The SMILES string of the molecule is CC=C(CO)C(=O)OC1CC2C(O)C3C(=O)CC(CO)OC3C(C(C3CCNC(N)C3)C(CO)C3CCCC(O)C3)C2OC1(C)CCC1CCC(N)NC1. The van der Waals surface area contributed by atoms with Crippen LogP contribution in [0.4, 0.5) is 0 Å². The number of ether oxygens (including phenoxy) is 3. The number of Topliss-reactive ketones (excluding diaryl/α,β-unsaturated/α-hetero) is 1. The Kier molecular flexibility index (Phi) is 14.3. The normalized spacial score (nSPS) is 44.5. The van der Waals surface area contributed by atoms with Crippen molar-refractivity contribution in [2.45, 2.75) is 145 Å². The van der Waals surface area contributed by atoms with Gasteiger partial charge in [-0.25, -0.2) is 4.79 Å². The summed E-state index contributed by atoms with van der Waals surface area (Å²) in [5.41, 5.74) is 11.8. The summed E-state index contributed by atoms with van der Waals surface area (Å²) in [6.45, 7) is 4.11. The topological polar surface area (TPSA) is 239 Å². The number of hydrogen-bond donors (Lipinski definition) is 9. The standard InChI is InChI=1S/C40H68N4O10/c1-3-22(18-45)39(51)53-30-16-27-36(50)34-29(49)15-26(19-46)52-38(34)35(37(27)54-40(30,2)11-9-21-7-8-31(41)44-17-21)33(24-10-12-43-32(42)14-24)28(20-47)23-5-4-6-25(48)13-23/h3,21,23-28,30-38,43-48,50H,4-20,41-42H2,1-2H3. The van der Waals surface area contributed by atoms with Gasteiger partial charge in [0.2, 0.25) is 0 Å². The van der Waals surface area contributed by atoms with Crippen LogP contribution in [-0.4, -0.2) is 125 Å². The highest BCUT2D eigenvalue weighted by molar-refractivity contribution is 5.88. The number of piperidine rings is 2. The van der Waals surface area contributed by atoms with Crippen molar-refractivity contribution in [2.24, 2.45) is 58.8 Å². The minimum atomic E-state index is -1.17. The van der Waals surface area contributed by atoms with Gasteiger partial charge in [0.1, 0.15) is 17.5 Å². The number of aliphatic hydroxyl groups excluding tert-OH is 5. The van der Waals surface area contributed by atoms with Crippen molar-refractivity contribution in [3.8, 4) is 0 Å². The number of rotatable bonds is 12. The van der Waals surface area contributed by atoms with E-state index >= 15 is 0 Å². The molecule has 0 aromatic rings. The molecule has 11 N–H and O–H groups in total. The Morgan fingerprint density at radius 3 is 2.46 bits per heavy atom. The molecule has 4 heterocycles. The molecule has 2 aliphatic carbocycles. The maximum absolute atomic E-state index is 14.1. The average Bonchev–Trinajstić information content (AvgIpc) is 3.15. The summed E-state index contributed by atoms with van der Waals surface area (Å²) in [7, 11) is 0. The molecule has 6 rings (SSSR count). The highest BCUT2D eigenvalue weighted by atomic mass is 16.6. The lowest BCUT2D eigenvalue weighted by molar-refractivity contribution is -0.296. The van der Waals surface area contributed by atoms with Gasteiger partial charge in [0, 0.05) is 24.9 Å². The van der Waals surface area contributed by atoms with Crippen molar-refractivity contribution in [1.82, 2.24) is 10.6 Å². The Balaban J connectivity index is 1.44. The van der Waals surface area contributed by atoms with E-state index in [9.17, 15) is 35.1 Å². The van der Waals surface area contributed by atoms with Crippen molar-refractivity contribution < 1.29 is 49.3 Å². The first-order valence-electron chi connectivity index (χ1n) is 20.8. The van der Waals surface area contributed by atoms with Crippen molar-refractivity contribution in [3.63, 3.8) is 0 Å². The minimum Gasteiger partial charge on any atom is -0.456 e. The molecule has 4 aliphatic heterocycles. The second kappa shape index (κ2) is 18.4. The molecular formula is C40H68N4O10. The summed E-state index contributed by atoms with van der Waals surface area (Å²) in [5.74, 6) is -3.02. The van der Waals surface area contributed by atoms with Gasteiger partial charge < -0.3 is 61.8 Å². The number of carbonyl (C=O) groups is 2. The fraction of sp³-hybridized carbons (Fsp3) is 0.900. The van der Waals surface area contributed by atoms with E-state index in [0.29, 0.717) is 38.1 Å². The van der Waals surface area contributed by atoms with Crippen LogP contribution in [0.5, 0.6) is 0 Å². The third-order valence-corrected chi connectivity index (χ3v) is 14.4. The second-order valence-corrected chi connectivity index (χ2v) is 17.7. The fourth-order valence-corrected chi connectivity index (χ4v) is 11.4. The molecule has 0 bridgehead atoms. The fourth-order valence-electron chi connectivity index (χ4n) is 11.4. The maximum atomic E-state index is 14.1. The van der Waals surface area contributed by atoms with Gasteiger partial charge in [-0.3, -0.25) is 4.79 Å². The second-order valence-electron chi connectivity index (χ2n) is 17.7. The number of nitrogens with two attached hydrogens (primary N) is 2. The Labute approximate surface area is 320 Å². The molecule has 308 valence electrons. The third kappa shape index (κ3) is 8.94. The molecule has 0 aromatic carbocycles. The van der Waals surface area contributed by atoms with E-state index < -0.39 is 72.6 Å². The van der Waals surface area contributed by atoms with Gasteiger partial charge in [0.15, 0.2) is 0 Å². The van der Waals surface area contributed by atoms with Crippen molar-refractivity contribution in [2.75, 3.05) is 32.9 Å². The van der Waals surface area contributed by atoms with Crippen LogP contribution in [0, 0.1) is 47.3 Å². The molecule has 2 saturated carbocycles. The molecule has 0 aromatic heterocycles. The van der Waals surface area contributed by atoms with Gasteiger partial charge in [-0.15, -0.1) is 0 Å². The summed E-state index contributed by atoms with van der Waals surface area (Å²) < 4.78 is 20.3. The highest BCUT2D eigenvalue weighted by Crippen LogP contribution is 2.56. The minimum absolute atomic E-state index is 0.0111. The molecule has 17 atom stereocenters. The van der Waals surface area contributed by atoms with Gasteiger partial charge in [-0.05, 0) is 121 Å². The first-order chi connectivity index (χ1) is 25.9. The molecule has 14 nitrogen and oxygen atoms in total. The Morgan fingerprint density at radius 1 is 1.02 bits per heavy atom. The molecule has 0 spiro atoms. The summed E-state index contributed by atoms with van der Waals surface area (Å²) in [4.78, 5) is 27.6. The van der Waals surface area contributed by atoms with E-state index in [2.05, 4.69) is 10.6 Å². The molecule has 0 radical (unpaired) electrons. The van der Waals surface area contributed by atoms with Gasteiger partial charge in [-0.2, -0.15) is 0 Å². The number of hydrogen-bond acceptors (Lipinski definition) is 14. The number of allylic oxidation sites excluding steroid dienone is 1. The molecule has 14 heteroatoms. The Morgan fingerprint density at radius 2 is 1.81 bits per heavy atom. The van der Waals surface area contributed by atoms with E-state index in [4.69, 9.17) is 25.7 Å². The molecule has 4 saturated heterocycles. The van der Waals surface area contributed by atoms with Gasteiger partial charge in [0.05, 0.1) is 67.6 Å². The zero-order valence-electron chi connectivity index (χ0n) is 32.3. The van der Waals surface area contributed by atoms with Crippen LogP contribution in [0.3, 0.4) is 0 Å². The summed E-state index contributed by atoms with van der Waals surface area (Å²) in [6.07, 6.45) is 4.26. The zero-order valence-corrected chi connectivity index (χ0v) is 32.3. The number of aliphatic hydroxyl groups is 5. The molecule has 0 amide bonds. The molecule has 6 aliphatic rings. The summed E-state index contributed by atoms with van der Waals surface area (Å²) in [5, 5.41) is 61.5.